The van der Waals surface area contributed by atoms with Gasteiger partial charge in [-0.15, -0.1) is 0 Å². The average Bonchev–Trinajstić information content (AvgIpc) is 2.83. The zero-order valence-electron chi connectivity index (χ0n) is 12.2. The summed E-state index contributed by atoms with van der Waals surface area (Å²) in [6.07, 6.45) is 5.73. The van der Waals surface area contributed by atoms with Crippen LogP contribution in [0.3, 0.4) is 0 Å². The highest BCUT2D eigenvalue weighted by molar-refractivity contribution is 5.77. The predicted octanol–water partition coefficient (Wildman–Crippen LogP) is 0.190. The van der Waals surface area contributed by atoms with Gasteiger partial charge in [0.25, 0.3) is 0 Å². The van der Waals surface area contributed by atoms with Crippen LogP contribution in [0.15, 0.2) is 6.20 Å². The van der Waals surface area contributed by atoms with Crippen LogP contribution in [0.5, 0.6) is 0 Å². The summed E-state index contributed by atoms with van der Waals surface area (Å²) in [6.45, 7) is 5.10. The second-order valence-electron chi connectivity index (χ2n) is 5.59. The summed E-state index contributed by atoms with van der Waals surface area (Å²) in [5.41, 5.74) is 8.19. The van der Waals surface area contributed by atoms with Crippen molar-refractivity contribution in [3.63, 3.8) is 0 Å². The summed E-state index contributed by atoms with van der Waals surface area (Å²) >= 11 is 0. The highest BCUT2D eigenvalue weighted by Crippen LogP contribution is 2.07. The number of nitrogens with zero attached hydrogens (tertiary/aromatic N) is 2. The molecule has 0 atom stereocenters. The van der Waals surface area contributed by atoms with Crippen molar-refractivity contribution >= 4 is 5.91 Å². The number of aromatic amines is 1. The van der Waals surface area contributed by atoms with E-state index in [1.165, 1.54) is 5.56 Å². The number of nitrogens with one attached hydrogen (secondary N) is 2. The van der Waals surface area contributed by atoms with Crippen molar-refractivity contribution < 1.29 is 4.79 Å². The minimum absolute atomic E-state index is 0.115. The van der Waals surface area contributed by atoms with E-state index in [4.69, 9.17) is 5.73 Å². The van der Waals surface area contributed by atoms with Gasteiger partial charge >= 0.3 is 0 Å². The Kier molecular flexibility index (Phi) is 5.55. The number of hydrogen-bond donors (Lipinski definition) is 3. The van der Waals surface area contributed by atoms with Gasteiger partial charge in [-0.3, -0.25) is 14.8 Å². The third-order valence-electron chi connectivity index (χ3n) is 3.88. The van der Waals surface area contributed by atoms with Gasteiger partial charge in [0.2, 0.25) is 5.91 Å². The summed E-state index contributed by atoms with van der Waals surface area (Å²) in [5, 5.41) is 9.89. The molecule has 20 heavy (non-hydrogen) atoms. The maximum Gasteiger partial charge on any atom is 0.234 e. The van der Waals surface area contributed by atoms with E-state index in [0.717, 1.165) is 51.0 Å². The molecule has 0 saturated carbocycles. The van der Waals surface area contributed by atoms with Crippen LogP contribution in [0.2, 0.25) is 0 Å². The lowest BCUT2D eigenvalue weighted by Crippen LogP contribution is -2.44. The van der Waals surface area contributed by atoms with E-state index in [0.29, 0.717) is 12.6 Å². The molecule has 0 bridgehead atoms. The lowest BCUT2D eigenvalue weighted by Gasteiger charge is -2.29. The predicted molar refractivity (Wildman–Crippen MR) is 78.3 cm³/mol. The number of piperidine rings is 1. The molecule has 0 unspecified atom stereocenters. The molecular formula is C14H25N5O. The molecule has 1 aromatic rings. The number of nitrogens with two attached hydrogens (primary N) is 1. The number of H-pyrrole nitrogens is 1. The Hall–Kier alpha value is -1.40. The van der Waals surface area contributed by atoms with E-state index < -0.39 is 0 Å². The molecule has 1 aromatic heterocycles. The van der Waals surface area contributed by atoms with Crippen molar-refractivity contribution in [1.82, 2.24) is 20.4 Å². The standard InChI is InChI=1S/C14H25N5O/c1-11-12(9-17-18-11)3-2-6-16-14(20)10-19-7-4-13(15)5-8-19/h9,13H,2-8,10,15H2,1H3,(H,16,20)(H,17,18). The van der Waals surface area contributed by atoms with Crippen LogP contribution in [0.4, 0.5) is 0 Å². The number of carbonyl (C=O) groups excluding carboxylic acids is 1. The summed E-state index contributed by atoms with van der Waals surface area (Å²) in [5.74, 6) is 0.115. The van der Waals surface area contributed by atoms with Crippen LogP contribution in [0.1, 0.15) is 30.5 Å². The van der Waals surface area contributed by atoms with Gasteiger partial charge < -0.3 is 11.1 Å². The Labute approximate surface area is 120 Å². The van der Waals surface area contributed by atoms with Gasteiger partial charge in [-0.2, -0.15) is 5.10 Å². The number of carbonyl (C=O) groups is 1. The molecule has 0 aromatic carbocycles. The Bertz CT molecular complexity index is 423. The van der Waals surface area contributed by atoms with Crippen molar-refractivity contribution in [2.45, 2.75) is 38.6 Å². The topological polar surface area (TPSA) is 87.0 Å². The van der Waals surface area contributed by atoms with Gasteiger partial charge in [0.1, 0.15) is 0 Å². The summed E-state index contributed by atoms with van der Waals surface area (Å²) in [7, 11) is 0. The Morgan fingerprint density at radius 2 is 2.30 bits per heavy atom. The van der Waals surface area contributed by atoms with Crippen molar-refractivity contribution in [2.75, 3.05) is 26.2 Å². The van der Waals surface area contributed by atoms with E-state index in [1.807, 2.05) is 13.1 Å². The Balaban J connectivity index is 1.57. The molecule has 2 rings (SSSR count). The molecule has 1 amide bonds. The molecular weight excluding hydrogens is 254 g/mol. The fourth-order valence-electron chi connectivity index (χ4n) is 2.50. The van der Waals surface area contributed by atoms with Crippen LogP contribution in [-0.4, -0.2) is 53.2 Å². The summed E-state index contributed by atoms with van der Waals surface area (Å²) < 4.78 is 0. The lowest BCUT2D eigenvalue weighted by molar-refractivity contribution is -0.122. The summed E-state index contributed by atoms with van der Waals surface area (Å²) in [6, 6.07) is 0.313. The first kappa shape index (κ1) is 15.0. The van der Waals surface area contributed by atoms with E-state index in [9.17, 15) is 4.79 Å². The maximum absolute atomic E-state index is 11.8. The van der Waals surface area contributed by atoms with Crippen LogP contribution in [-0.2, 0) is 11.2 Å². The number of amides is 1. The lowest BCUT2D eigenvalue weighted by atomic mass is 10.1. The normalized spacial score (nSPS) is 17.3. The SMILES string of the molecule is Cc1[nH]ncc1CCCNC(=O)CN1CCC(N)CC1. The second-order valence-corrected chi connectivity index (χ2v) is 5.59. The van der Waals surface area contributed by atoms with E-state index in [-0.39, 0.29) is 5.91 Å². The zero-order valence-corrected chi connectivity index (χ0v) is 12.2. The number of hydrogen-bond acceptors (Lipinski definition) is 4. The van der Waals surface area contributed by atoms with Gasteiger partial charge in [0.15, 0.2) is 0 Å². The van der Waals surface area contributed by atoms with Gasteiger partial charge in [-0.1, -0.05) is 0 Å². The van der Waals surface area contributed by atoms with Crippen molar-refractivity contribution in [2.24, 2.45) is 5.73 Å². The van der Waals surface area contributed by atoms with Gasteiger partial charge in [0, 0.05) is 31.4 Å². The van der Waals surface area contributed by atoms with Gasteiger partial charge in [0.05, 0.1) is 12.7 Å². The minimum Gasteiger partial charge on any atom is -0.355 e. The number of rotatable bonds is 6. The van der Waals surface area contributed by atoms with E-state index in [2.05, 4.69) is 20.4 Å². The highest BCUT2D eigenvalue weighted by Gasteiger charge is 2.17. The quantitative estimate of drug-likeness (QED) is 0.649. The molecule has 2 heterocycles. The zero-order chi connectivity index (χ0) is 14.4. The first-order valence-corrected chi connectivity index (χ1v) is 7.38. The summed E-state index contributed by atoms with van der Waals surface area (Å²) in [4.78, 5) is 14.0. The number of aryl methyl sites for hydroxylation is 2. The van der Waals surface area contributed by atoms with Crippen molar-refractivity contribution in [3.05, 3.63) is 17.5 Å². The minimum atomic E-state index is 0.115. The van der Waals surface area contributed by atoms with Crippen LogP contribution in [0.25, 0.3) is 0 Å². The molecule has 1 aliphatic rings. The molecule has 112 valence electrons. The third-order valence-corrected chi connectivity index (χ3v) is 3.88. The molecule has 1 aliphatic heterocycles. The van der Waals surface area contributed by atoms with Gasteiger partial charge in [-0.05, 0) is 38.2 Å². The monoisotopic (exact) mass is 279 g/mol. The molecule has 4 N–H and O–H groups in total. The molecule has 1 fully saturated rings. The van der Waals surface area contributed by atoms with Crippen molar-refractivity contribution in [1.29, 1.82) is 0 Å². The van der Waals surface area contributed by atoms with Crippen LogP contribution >= 0.6 is 0 Å². The van der Waals surface area contributed by atoms with E-state index >= 15 is 0 Å². The highest BCUT2D eigenvalue weighted by atomic mass is 16.2. The molecule has 0 aliphatic carbocycles. The molecule has 6 nitrogen and oxygen atoms in total. The fourth-order valence-corrected chi connectivity index (χ4v) is 2.50. The average molecular weight is 279 g/mol. The number of aromatic nitrogens is 2. The first-order chi connectivity index (χ1) is 9.65. The largest absolute Gasteiger partial charge is 0.355 e. The third kappa shape index (κ3) is 4.61. The van der Waals surface area contributed by atoms with Crippen molar-refractivity contribution in [3.8, 4) is 0 Å². The van der Waals surface area contributed by atoms with Crippen LogP contribution in [0, 0.1) is 6.92 Å². The van der Waals surface area contributed by atoms with Crippen LogP contribution < -0.4 is 11.1 Å². The smallest absolute Gasteiger partial charge is 0.234 e. The molecule has 6 heteroatoms. The molecule has 1 saturated heterocycles. The maximum atomic E-state index is 11.8. The Morgan fingerprint density at radius 1 is 1.55 bits per heavy atom. The second kappa shape index (κ2) is 7.40. The van der Waals surface area contributed by atoms with E-state index in [1.54, 1.807) is 0 Å². The Morgan fingerprint density at radius 3 is 2.95 bits per heavy atom. The first-order valence-electron chi connectivity index (χ1n) is 7.38. The van der Waals surface area contributed by atoms with Gasteiger partial charge in [-0.25, -0.2) is 0 Å². The number of likely N-dealkylation sites (tertiary alicyclic amines) is 1. The fraction of sp³-hybridized carbons (Fsp3) is 0.714. The molecule has 0 spiro atoms. The molecule has 0 radical (unpaired) electrons.